The monoisotopic (exact) mass is 253 g/mol. The molecule has 1 aromatic carbocycles. The Morgan fingerprint density at radius 1 is 1.47 bits per heavy atom. The highest BCUT2D eigenvalue weighted by molar-refractivity contribution is 6.33. The Labute approximate surface area is 106 Å². The lowest BCUT2D eigenvalue weighted by molar-refractivity contribution is 0.0778. The minimum atomic E-state index is -0.100. The quantitative estimate of drug-likeness (QED) is 0.836. The SMILES string of the molecule is CC1(C)CCN(C(=O)c2cc(O)ccc2Cl)C1. The van der Waals surface area contributed by atoms with Gasteiger partial charge in [0.05, 0.1) is 10.6 Å². The molecule has 1 aromatic rings. The molecule has 1 amide bonds. The van der Waals surface area contributed by atoms with Crippen LogP contribution in [0.3, 0.4) is 0 Å². The summed E-state index contributed by atoms with van der Waals surface area (Å²) < 4.78 is 0. The normalized spacial score (nSPS) is 18.4. The van der Waals surface area contributed by atoms with E-state index in [2.05, 4.69) is 13.8 Å². The number of nitrogens with zero attached hydrogens (tertiary/aromatic N) is 1. The van der Waals surface area contributed by atoms with Gasteiger partial charge in [0.1, 0.15) is 5.75 Å². The van der Waals surface area contributed by atoms with Crippen LogP contribution in [0.2, 0.25) is 5.02 Å². The van der Waals surface area contributed by atoms with Gasteiger partial charge in [-0.1, -0.05) is 25.4 Å². The summed E-state index contributed by atoms with van der Waals surface area (Å²) in [6.45, 7) is 5.77. The summed E-state index contributed by atoms with van der Waals surface area (Å²) in [5.41, 5.74) is 0.545. The van der Waals surface area contributed by atoms with Crippen LogP contribution in [0.1, 0.15) is 30.6 Å². The van der Waals surface area contributed by atoms with Crippen LogP contribution in [0.15, 0.2) is 18.2 Å². The van der Waals surface area contributed by atoms with Crippen LogP contribution in [0.25, 0.3) is 0 Å². The van der Waals surface area contributed by atoms with Gasteiger partial charge in [-0.25, -0.2) is 0 Å². The molecule has 4 heteroatoms. The summed E-state index contributed by atoms with van der Waals surface area (Å²) >= 11 is 5.98. The molecule has 0 unspecified atom stereocenters. The van der Waals surface area contributed by atoms with E-state index in [9.17, 15) is 9.90 Å². The van der Waals surface area contributed by atoms with Gasteiger partial charge in [-0.05, 0) is 30.0 Å². The number of halogens is 1. The van der Waals surface area contributed by atoms with E-state index in [0.29, 0.717) is 10.6 Å². The predicted octanol–water partition coefficient (Wildman–Crippen LogP) is 2.92. The molecular weight excluding hydrogens is 238 g/mol. The second-order valence-corrected chi connectivity index (χ2v) is 5.71. The van der Waals surface area contributed by atoms with Crippen molar-refractivity contribution in [3.8, 4) is 5.75 Å². The number of amides is 1. The topological polar surface area (TPSA) is 40.5 Å². The molecule has 3 nitrogen and oxygen atoms in total. The van der Waals surface area contributed by atoms with E-state index >= 15 is 0 Å². The number of aromatic hydroxyl groups is 1. The lowest BCUT2D eigenvalue weighted by atomic mass is 9.93. The number of benzene rings is 1. The molecule has 0 aliphatic carbocycles. The van der Waals surface area contributed by atoms with Gasteiger partial charge >= 0.3 is 0 Å². The lowest BCUT2D eigenvalue weighted by Crippen LogP contribution is -2.30. The van der Waals surface area contributed by atoms with Crippen molar-refractivity contribution in [2.75, 3.05) is 13.1 Å². The largest absolute Gasteiger partial charge is 0.508 e. The minimum absolute atomic E-state index is 0.0659. The first-order valence-corrected chi connectivity index (χ1v) is 6.05. The van der Waals surface area contributed by atoms with Gasteiger partial charge in [0, 0.05) is 13.1 Å². The first-order chi connectivity index (χ1) is 7.89. The number of carbonyl (C=O) groups excluding carboxylic acids is 1. The summed E-state index contributed by atoms with van der Waals surface area (Å²) in [5.74, 6) is -0.0346. The van der Waals surface area contributed by atoms with Gasteiger partial charge in [-0.3, -0.25) is 4.79 Å². The Kier molecular flexibility index (Phi) is 3.04. The predicted molar refractivity (Wildman–Crippen MR) is 67.4 cm³/mol. The fraction of sp³-hybridized carbons (Fsp3) is 0.462. The fourth-order valence-corrected chi connectivity index (χ4v) is 2.33. The summed E-state index contributed by atoms with van der Waals surface area (Å²) in [6, 6.07) is 4.45. The van der Waals surface area contributed by atoms with E-state index in [1.807, 2.05) is 0 Å². The van der Waals surface area contributed by atoms with Crippen LogP contribution < -0.4 is 0 Å². The van der Waals surface area contributed by atoms with E-state index in [-0.39, 0.29) is 17.1 Å². The average molecular weight is 254 g/mol. The number of hydrogen-bond acceptors (Lipinski definition) is 2. The Balaban J connectivity index is 2.23. The second kappa shape index (κ2) is 4.22. The van der Waals surface area contributed by atoms with Crippen molar-refractivity contribution in [2.45, 2.75) is 20.3 Å². The summed E-state index contributed by atoms with van der Waals surface area (Å²) in [4.78, 5) is 14.0. The van der Waals surface area contributed by atoms with Crippen molar-refractivity contribution in [2.24, 2.45) is 5.41 Å². The minimum Gasteiger partial charge on any atom is -0.508 e. The molecule has 1 aliphatic heterocycles. The van der Waals surface area contributed by atoms with Crippen LogP contribution >= 0.6 is 11.6 Å². The van der Waals surface area contributed by atoms with Gasteiger partial charge in [-0.15, -0.1) is 0 Å². The van der Waals surface area contributed by atoms with Crippen molar-refractivity contribution < 1.29 is 9.90 Å². The van der Waals surface area contributed by atoms with Crippen LogP contribution in [0.5, 0.6) is 5.75 Å². The van der Waals surface area contributed by atoms with Gasteiger partial charge in [0.2, 0.25) is 0 Å². The molecule has 1 saturated heterocycles. The molecule has 0 radical (unpaired) electrons. The second-order valence-electron chi connectivity index (χ2n) is 5.31. The third-order valence-corrected chi connectivity index (χ3v) is 3.47. The molecule has 0 aromatic heterocycles. The first kappa shape index (κ1) is 12.2. The lowest BCUT2D eigenvalue weighted by Gasteiger charge is -2.20. The zero-order chi connectivity index (χ0) is 12.6. The van der Waals surface area contributed by atoms with E-state index in [1.165, 1.54) is 12.1 Å². The number of hydrogen-bond donors (Lipinski definition) is 1. The molecule has 92 valence electrons. The molecular formula is C13H16ClNO2. The van der Waals surface area contributed by atoms with Crippen molar-refractivity contribution in [1.82, 2.24) is 4.90 Å². The number of likely N-dealkylation sites (tertiary alicyclic amines) is 1. The fourth-order valence-electron chi connectivity index (χ4n) is 2.13. The first-order valence-electron chi connectivity index (χ1n) is 5.67. The van der Waals surface area contributed by atoms with Gasteiger partial charge in [0.15, 0.2) is 0 Å². The highest BCUT2D eigenvalue weighted by Gasteiger charge is 2.33. The Bertz CT molecular complexity index is 457. The summed E-state index contributed by atoms with van der Waals surface area (Å²) in [5, 5.41) is 9.79. The average Bonchev–Trinajstić information content (AvgIpc) is 2.61. The maximum Gasteiger partial charge on any atom is 0.255 e. The third kappa shape index (κ3) is 2.55. The Hall–Kier alpha value is -1.22. The molecule has 0 atom stereocenters. The highest BCUT2D eigenvalue weighted by Crippen LogP contribution is 2.31. The molecule has 1 N–H and O–H groups in total. The van der Waals surface area contributed by atoms with Crippen LogP contribution in [0.4, 0.5) is 0 Å². The zero-order valence-electron chi connectivity index (χ0n) is 10.0. The van der Waals surface area contributed by atoms with E-state index in [0.717, 1.165) is 19.5 Å². The summed E-state index contributed by atoms with van der Waals surface area (Å²) in [7, 11) is 0. The Morgan fingerprint density at radius 2 is 2.18 bits per heavy atom. The maximum atomic E-state index is 12.2. The molecule has 0 saturated carbocycles. The van der Waals surface area contributed by atoms with Crippen molar-refractivity contribution >= 4 is 17.5 Å². The molecule has 1 heterocycles. The molecule has 0 spiro atoms. The summed E-state index contributed by atoms with van der Waals surface area (Å²) in [6.07, 6.45) is 0.995. The molecule has 17 heavy (non-hydrogen) atoms. The van der Waals surface area contributed by atoms with Crippen molar-refractivity contribution in [3.05, 3.63) is 28.8 Å². The number of rotatable bonds is 1. The molecule has 2 rings (SSSR count). The molecule has 1 aliphatic rings. The van der Waals surface area contributed by atoms with Crippen LogP contribution in [-0.2, 0) is 0 Å². The van der Waals surface area contributed by atoms with E-state index < -0.39 is 0 Å². The van der Waals surface area contributed by atoms with Crippen molar-refractivity contribution in [1.29, 1.82) is 0 Å². The number of phenols is 1. The standard InChI is InChI=1S/C13H16ClNO2/c1-13(2)5-6-15(8-13)12(17)10-7-9(16)3-4-11(10)14/h3-4,7,16H,5-6,8H2,1-2H3. The van der Waals surface area contributed by atoms with E-state index in [4.69, 9.17) is 11.6 Å². The van der Waals surface area contributed by atoms with Crippen LogP contribution in [-0.4, -0.2) is 29.0 Å². The molecule has 1 fully saturated rings. The molecule has 0 bridgehead atoms. The van der Waals surface area contributed by atoms with E-state index in [1.54, 1.807) is 11.0 Å². The highest BCUT2D eigenvalue weighted by atomic mass is 35.5. The van der Waals surface area contributed by atoms with Crippen molar-refractivity contribution in [3.63, 3.8) is 0 Å². The number of carbonyl (C=O) groups is 1. The Morgan fingerprint density at radius 3 is 2.76 bits per heavy atom. The maximum absolute atomic E-state index is 12.2. The van der Waals surface area contributed by atoms with Gasteiger partial charge in [-0.2, -0.15) is 0 Å². The zero-order valence-corrected chi connectivity index (χ0v) is 10.8. The van der Waals surface area contributed by atoms with Gasteiger partial charge < -0.3 is 10.0 Å². The third-order valence-electron chi connectivity index (χ3n) is 3.14. The van der Waals surface area contributed by atoms with Crippen LogP contribution in [0, 0.1) is 5.41 Å². The van der Waals surface area contributed by atoms with Gasteiger partial charge in [0.25, 0.3) is 5.91 Å². The smallest absolute Gasteiger partial charge is 0.255 e. The number of phenolic OH excluding ortho intramolecular Hbond substituents is 1.